The van der Waals surface area contributed by atoms with E-state index >= 15 is 0 Å². The number of carbonyl (C=O) groups is 1. The molecule has 0 atom stereocenters. The number of aliphatic carboxylic acids is 1. The highest BCUT2D eigenvalue weighted by Gasteiger charge is 2.17. The van der Waals surface area contributed by atoms with Crippen molar-refractivity contribution in [3.05, 3.63) is 12.0 Å². The SMILES string of the molecule is C=CSCCOC(C)(C)CCNCCC(=O)O. The lowest BCUT2D eigenvalue weighted by Gasteiger charge is -2.25. The fraction of sp³-hybridized carbons (Fsp3) is 0.750. The van der Waals surface area contributed by atoms with E-state index in [2.05, 4.69) is 11.9 Å². The largest absolute Gasteiger partial charge is 0.481 e. The number of ether oxygens (including phenoxy) is 1. The summed E-state index contributed by atoms with van der Waals surface area (Å²) in [4.78, 5) is 10.3. The Hall–Kier alpha value is -0.520. The molecule has 0 amide bonds. The van der Waals surface area contributed by atoms with Crippen LogP contribution in [0.4, 0.5) is 0 Å². The fourth-order valence-corrected chi connectivity index (χ4v) is 1.58. The molecule has 0 bridgehead atoms. The molecule has 0 aliphatic carbocycles. The molecule has 0 radical (unpaired) electrons. The van der Waals surface area contributed by atoms with Crippen molar-refractivity contribution in [1.29, 1.82) is 0 Å². The molecule has 0 aromatic carbocycles. The van der Waals surface area contributed by atoms with Crippen molar-refractivity contribution in [1.82, 2.24) is 5.32 Å². The Bertz CT molecular complexity index is 232. The monoisotopic (exact) mass is 261 g/mol. The Morgan fingerprint density at radius 1 is 1.53 bits per heavy atom. The second-order valence-electron chi connectivity index (χ2n) is 4.29. The van der Waals surface area contributed by atoms with Crippen LogP contribution in [0.25, 0.3) is 0 Å². The van der Waals surface area contributed by atoms with Crippen molar-refractivity contribution in [3.8, 4) is 0 Å². The number of thioether (sulfide) groups is 1. The number of nitrogens with one attached hydrogen (secondary N) is 1. The zero-order valence-corrected chi connectivity index (χ0v) is 11.5. The summed E-state index contributed by atoms with van der Waals surface area (Å²) in [5.41, 5.74) is -0.169. The Labute approximate surface area is 108 Å². The van der Waals surface area contributed by atoms with Gasteiger partial charge in [0.25, 0.3) is 0 Å². The Kier molecular flexibility index (Phi) is 9.21. The molecule has 4 nitrogen and oxygen atoms in total. The molecule has 0 aromatic heterocycles. The van der Waals surface area contributed by atoms with Crippen LogP contribution in [0.3, 0.4) is 0 Å². The second-order valence-corrected chi connectivity index (χ2v) is 5.36. The molecule has 2 N–H and O–H groups in total. The van der Waals surface area contributed by atoms with Gasteiger partial charge >= 0.3 is 5.97 Å². The number of hydrogen-bond donors (Lipinski definition) is 2. The Balaban J connectivity index is 3.49. The first-order valence-electron chi connectivity index (χ1n) is 5.77. The topological polar surface area (TPSA) is 58.6 Å². The van der Waals surface area contributed by atoms with Gasteiger partial charge in [0.05, 0.1) is 18.6 Å². The maximum Gasteiger partial charge on any atom is 0.304 e. The smallest absolute Gasteiger partial charge is 0.304 e. The lowest BCUT2D eigenvalue weighted by Crippen LogP contribution is -2.31. The van der Waals surface area contributed by atoms with Crippen molar-refractivity contribution < 1.29 is 14.6 Å². The molecular weight excluding hydrogens is 238 g/mol. The summed E-state index contributed by atoms with van der Waals surface area (Å²) in [6.07, 6.45) is 1.03. The van der Waals surface area contributed by atoms with Crippen molar-refractivity contribution in [2.45, 2.75) is 32.3 Å². The van der Waals surface area contributed by atoms with E-state index in [0.29, 0.717) is 13.2 Å². The van der Waals surface area contributed by atoms with Crippen LogP contribution >= 0.6 is 11.8 Å². The molecule has 0 heterocycles. The predicted octanol–water partition coefficient (Wildman–Crippen LogP) is 2.11. The van der Waals surface area contributed by atoms with E-state index in [1.807, 2.05) is 19.3 Å². The first kappa shape index (κ1) is 16.5. The van der Waals surface area contributed by atoms with E-state index in [-0.39, 0.29) is 12.0 Å². The highest BCUT2D eigenvalue weighted by Crippen LogP contribution is 2.14. The third-order valence-corrected chi connectivity index (χ3v) is 2.87. The van der Waals surface area contributed by atoms with Gasteiger partial charge in [0.15, 0.2) is 0 Å². The maximum atomic E-state index is 10.3. The summed E-state index contributed by atoms with van der Waals surface area (Å²) >= 11 is 1.64. The van der Waals surface area contributed by atoms with Crippen molar-refractivity contribution in [2.24, 2.45) is 0 Å². The van der Waals surface area contributed by atoms with Crippen LogP contribution < -0.4 is 5.32 Å². The first-order valence-corrected chi connectivity index (χ1v) is 6.82. The first-order chi connectivity index (χ1) is 7.98. The minimum absolute atomic E-state index is 0.164. The summed E-state index contributed by atoms with van der Waals surface area (Å²) in [7, 11) is 0. The summed E-state index contributed by atoms with van der Waals surface area (Å²) in [6, 6.07) is 0. The molecule has 0 rings (SSSR count). The highest BCUT2D eigenvalue weighted by atomic mass is 32.2. The lowest BCUT2D eigenvalue weighted by atomic mass is 10.1. The third-order valence-electron chi connectivity index (χ3n) is 2.23. The molecule has 0 fully saturated rings. The van der Waals surface area contributed by atoms with E-state index in [4.69, 9.17) is 9.84 Å². The van der Waals surface area contributed by atoms with E-state index in [9.17, 15) is 4.79 Å². The second kappa shape index (κ2) is 9.50. The minimum atomic E-state index is -0.769. The number of rotatable bonds is 11. The molecule has 0 saturated heterocycles. The Morgan fingerprint density at radius 2 is 2.24 bits per heavy atom. The van der Waals surface area contributed by atoms with Crippen LogP contribution in [0.2, 0.25) is 0 Å². The predicted molar refractivity (Wildman–Crippen MR) is 72.4 cm³/mol. The number of carboxylic acids is 1. The van der Waals surface area contributed by atoms with E-state index in [1.54, 1.807) is 11.8 Å². The molecular formula is C12H23NO3S. The van der Waals surface area contributed by atoms with E-state index < -0.39 is 5.97 Å². The summed E-state index contributed by atoms with van der Waals surface area (Å²) in [5, 5.41) is 13.4. The van der Waals surface area contributed by atoms with Crippen LogP contribution in [0.5, 0.6) is 0 Å². The maximum absolute atomic E-state index is 10.3. The van der Waals surface area contributed by atoms with Crippen molar-refractivity contribution in [3.63, 3.8) is 0 Å². The standard InChI is InChI=1S/C12H23NO3S/c1-4-17-10-9-16-12(2,3)6-8-13-7-5-11(14)15/h4,13H,1,5-10H2,2-3H3,(H,14,15). The van der Waals surface area contributed by atoms with E-state index in [1.165, 1.54) is 0 Å². The molecule has 0 aliphatic rings. The molecule has 0 aromatic rings. The lowest BCUT2D eigenvalue weighted by molar-refractivity contribution is -0.136. The van der Waals surface area contributed by atoms with Gasteiger partial charge in [-0.1, -0.05) is 6.58 Å². The average molecular weight is 261 g/mol. The zero-order chi connectivity index (χ0) is 13.1. The van der Waals surface area contributed by atoms with Gasteiger partial charge < -0.3 is 15.2 Å². The highest BCUT2D eigenvalue weighted by molar-refractivity contribution is 8.02. The van der Waals surface area contributed by atoms with Gasteiger partial charge in [0, 0.05) is 12.3 Å². The molecule has 0 unspecified atom stereocenters. The van der Waals surface area contributed by atoms with Gasteiger partial charge in [-0.3, -0.25) is 4.79 Å². The molecule has 0 saturated carbocycles. The van der Waals surface area contributed by atoms with Crippen molar-refractivity contribution >= 4 is 17.7 Å². The number of carboxylic acid groups (broad SMARTS) is 1. The van der Waals surface area contributed by atoms with Gasteiger partial charge in [-0.2, -0.15) is 0 Å². The van der Waals surface area contributed by atoms with Gasteiger partial charge in [0.2, 0.25) is 0 Å². The quantitative estimate of drug-likeness (QED) is 0.558. The molecule has 0 aliphatic heterocycles. The molecule has 0 spiro atoms. The molecule has 17 heavy (non-hydrogen) atoms. The van der Waals surface area contributed by atoms with Crippen LogP contribution in [0.15, 0.2) is 12.0 Å². The summed E-state index contributed by atoms with van der Waals surface area (Å²) < 4.78 is 5.73. The zero-order valence-electron chi connectivity index (χ0n) is 10.7. The molecule has 100 valence electrons. The van der Waals surface area contributed by atoms with Gasteiger partial charge in [-0.05, 0) is 32.2 Å². The third kappa shape index (κ3) is 11.7. The van der Waals surface area contributed by atoms with Gasteiger partial charge in [-0.15, -0.1) is 11.8 Å². The molecule has 5 heteroatoms. The van der Waals surface area contributed by atoms with Crippen LogP contribution in [-0.2, 0) is 9.53 Å². The minimum Gasteiger partial charge on any atom is -0.481 e. The average Bonchev–Trinajstić information content (AvgIpc) is 2.23. The van der Waals surface area contributed by atoms with Crippen LogP contribution in [-0.4, -0.2) is 42.1 Å². The summed E-state index contributed by atoms with van der Waals surface area (Å²) in [6.45, 7) is 9.71. The fourth-order valence-electron chi connectivity index (χ4n) is 1.23. The van der Waals surface area contributed by atoms with Crippen molar-refractivity contribution in [2.75, 3.05) is 25.4 Å². The normalized spacial score (nSPS) is 11.4. The van der Waals surface area contributed by atoms with E-state index in [0.717, 1.165) is 18.7 Å². The Morgan fingerprint density at radius 3 is 2.82 bits per heavy atom. The van der Waals surface area contributed by atoms with Gasteiger partial charge in [-0.25, -0.2) is 0 Å². The number of hydrogen-bond acceptors (Lipinski definition) is 4. The van der Waals surface area contributed by atoms with Crippen LogP contribution in [0, 0.1) is 0 Å². The summed E-state index contributed by atoms with van der Waals surface area (Å²) in [5.74, 6) is 0.147. The van der Waals surface area contributed by atoms with Gasteiger partial charge in [0.1, 0.15) is 0 Å². The van der Waals surface area contributed by atoms with Crippen LogP contribution in [0.1, 0.15) is 26.7 Å².